The third-order valence-corrected chi connectivity index (χ3v) is 4.53. The molecule has 0 saturated heterocycles. The maximum absolute atomic E-state index is 6.08. The minimum absolute atomic E-state index is 0. The molecule has 3 nitrogen and oxygen atoms in total. The van der Waals surface area contributed by atoms with Gasteiger partial charge in [0.25, 0.3) is 0 Å². The molecule has 0 radical (unpaired) electrons. The normalized spacial score (nSPS) is 11.3. The number of ether oxygens (including phenoxy) is 1. The van der Waals surface area contributed by atoms with E-state index in [0.717, 1.165) is 35.3 Å². The van der Waals surface area contributed by atoms with Crippen molar-refractivity contribution in [1.82, 2.24) is 9.88 Å². The number of nitrogens with zero attached hydrogens (tertiary/aromatic N) is 2. The first-order valence-electron chi connectivity index (χ1n) is 10.3. The Labute approximate surface area is 192 Å². The first-order chi connectivity index (χ1) is 14.4. The van der Waals surface area contributed by atoms with Crippen LogP contribution in [0.1, 0.15) is 31.9 Å². The van der Waals surface area contributed by atoms with E-state index >= 15 is 0 Å². The maximum Gasteiger partial charge on any atom is 0.120 e. The van der Waals surface area contributed by atoms with Gasteiger partial charge in [-0.25, -0.2) is 0 Å². The molecule has 3 aromatic rings. The van der Waals surface area contributed by atoms with Gasteiger partial charge < -0.3 is 4.74 Å². The Morgan fingerprint density at radius 3 is 2.65 bits per heavy atom. The molecule has 162 valence electrons. The molecule has 0 aliphatic rings. The van der Waals surface area contributed by atoms with Crippen LogP contribution in [-0.4, -0.2) is 23.5 Å². The second-order valence-electron chi connectivity index (χ2n) is 8.55. The van der Waals surface area contributed by atoms with Crippen LogP contribution in [0.2, 0.25) is 0 Å². The van der Waals surface area contributed by atoms with E-state index in [0.29, 0.717) is 6.61 Å². The molecular weight excluding hydrogens is 404 g/mol. The van der Waals surface area contributed by atoms with Crippen molar-refractivity contribution in [3.05, 3.63) is 84.1 Å². The lowest BCUT2D eigenvalue weighted by Crippen LogP contribution is -2.17. The summed E-state index contributed by atoms with van der Waals surface area (Å²) < 4.78 is 6.08. The van der Waals surface area contributed by atoms with Gasteiger partial charge in [-0.05, 0) is 57.7 Å². The Bertz CT molecular complexity index is 1070. The van der Waals surface area contributed by atoms with Gasteiger partial charge in [-0.1, -0.05) is 54.3 Å². The molecular formula is C27H31ClN2O. The Morgan fingerprint density at radius 1 is 1.06 bits per heavy atom. The minimum Gasteiger partial charge on any atom is -0.489 e. The molecule has 0 spiro atoms. The average Bonchev–Trinajstić information content (AvgIpc) is 2.71. The Kier molecular flexibility index (Phi) is 9.12. The topological polar surface area (TPSA) is 25.4 Å². The second-order valence-corrected chi connectivity index (χ2v) is 8.55. The first-order valence-corrected chi connectivity index (χ1v) is 10.3. The molecule has 0 amide bonds. The fourth-order valence-electron chi connectivity index (χ4n) is 3.10. The molecule has 1 aromatic heterocycles. The van der Waals surface area contributed by atoms with Crippen LogP contribution in [0, 0.1) is 17.3 Å². The van der Waals surface area contributed by atoms with Gasteiger partial charge in [0.05, 0.1) is 5.52 Å². The van der Waals surface area contributed by atoms with Crippen LogP contribution in [-0.2, 0) is 13.2 Å². The molecule has 0 bridgehead atoms. The van der Waals surface area contributed by atoms with E-state index in [9.17, 15) is 0 Å². The summed E-state index contributed by atoms with van der Waals surface area (Å²) in [6.07, 6.45) is 5.87. The highest BCUT2D eigenvalue weighted by molar-refractivity contribution is 5.85. The third kappa shape index (κ3) is 8.09. The van der Waals surface area contributed by atoms with Crippen LogP contribution >= 0.6 is 12.4 Å². The van der Waals surface area contributed by atoms with Crippen molar-refractivity contribution in [2.45, 2.75) is 33.9 Å². The molecule has 0 atom stereocenters. The predicted octanol–water partition coefficient (Wildman–Crippen LogP) is 6.27. The molecule has 0 N–H and O–H groups in total. The minimum atomic E-state index is 0. The molecule has 0 aliphatic carbocycles. The number of hydrogen-bond donors (Lipinski definition) is 0. The molecule has 0 unspecified atom stereocenters. The quantitative estimate of drug-likeness (QED) is 0.409. The number of likely N-dealkylation sites (N-methyl/N-ethyl adjacent to an activating group) is 1. The average molecular weight is 435 g/mol. The molecule has 1 heterocycles. The number of pyridine rings is 1. The van der Waals surface area contributed by atoms with Gasteiger partial charge in [0, 0.05) is 35.7 Å². The zero-order valence-corrected chi connectivity index (χ0v) is 19.6. The number of rotatable bonds is 7. The summed E-state index contributed by atoms with van der Waals surface area (Å²) in [6.45, 7) is 8.56. The molecule has 0 aliphatic heterocycles. The highest BCUT2D eigenvalue weighted by Crippen LogP contribution is 2.20. The highest BCUT2D eigenvalue weighted by atomic mass is 35.5. The fraction of sp³-hybridized carbons (Fsp3) is 0.296. The van der Waals surface area contributed by atoms with E-state index in [1.165, 1.54) is 5.56 Å². The summed E-state index contributed by atoms with van der Waals surface area (Å²) in [5, 5.41) is 1.13. The van der Waals surface area contributed by atoms with E-state index in [1.807, 2.05) is 36.5 Å². The van der Waals surface area contributed by atoms with Crippen LogP contribution in [0.4, 0.5) is 0 Å². The molecule has 4 heteroatoms. The van der Waals surface area contributed by atoms with Crippen LogP contribution in [0.3, 0.4) is 0 Å². The lowest BCUT2D eigenvalue weighted by atomic mass is 9.98. The summed E-state index contributed by atoms with van der Waals surface area (Å²) in [4.78, 5) is 6.76. The highest BCUT2D eigenvalue weighted by Gasteiger charge is 2.05. The van der Waals surface area contributed by atoms with Gasteiger partial charge in [-0.15, -0.1) is 12.4 Å². The number of benzene rings is 2. The molecule has 2 aromatic carbocycles. The standard InChI is InChI=1S/C27H30N2O.ClH/c1-27(2,3)16-6-5-7-18-29(4)20-22-11-8-15-25(19-22)30-21-24-13-9-12-23-14-10-17-28-26(23)24;/h5,7-15,17,19H,18,20-21H2,1-4H3;1H/b7-5+;. The SMILES string of the molecule is CN(C/C=C/C#CC(C)(C)C)Cc1cccc(OCc2cccc3cccnc23)c1.Cl. The number of hydrogen-bond acceptors (Lipinski definition) is 3. The number of aromatic nitrogens is 1. The monoisotopic (exact) mass is 434 g/mol. The summed E-state index contributed by atoms with van der Waals surface area (Å²) in [7, 11) is 2.11. The van der Waals surface area contributed by atoms with E-state index in [1.54, 1.807) is 0 Å². The molecule has 0 saturated carbocycles. The summed E-state index contributed by atoms with van der Waals surface area (Å²) in [5.41, 5.74) is 3.35. The molecule has 31 heavy (non-hydrogen) atoms. The lowest BCUT2D eigenvalue weighted by Gasteiger charge is -2.15. The van der Waals surface area contributed by atoms with Crippen molar-refractivity contribution >= 4 is 23.3 Å². The van der Waals surface area contributed by atoms with Gasteiger partial charge in [0.1, 0.15) is 12.4 Å². The van der Waals surface area contributed by atoms with Crippen molar-refractivity contribution in [2.75, 3.05) is 13.6 Å². The van der Waals surface area contributed by atoms with Crippen molar-refractivity contribution in [3.63, 3.8) is 0 Å². The number of fused-ring (bicyclic) bond motifs is 1. The van der Waals surface area contributed by atoms with E-state index < -0.39 is 0 Å². The Morgan fingerprint density at radius 2 is 1.84 bits per heavy atom. The largest absolute Gasteiger partial charge is 0.489 e. The zero-order chi connectivity index (χ0) is 21.4. The summed E-state index contributed by atoms with van der Waals surface area (Å²) in [6, 6.07) is 18.5. The predicted molar refractivity (Wildman–Crippen MR) is 132 cm³/mol. The van der Waals surface area contributed by atoms with Gasteiger partial charge in [0.2, 0.25) is 0 Å². The fourth-order valence-corrected chi connectivity index (χ4v) is 3.10. The van der Waals surface area contributed by atoms with Crippen LogP contribution < -0.4 is 4.74 Å². The van der Waals surface area contributed by atoms with Gasteiger partial charge in [-0.2, -0.15) is 0 Å². The van der Waals surface area contributed by atoms with E-state index in [2.05, 4.69) is 86.0 Å². The van der Waals surface area contributed by atoms with Crippen molar-refractivity contribution in [2.24, 2.45) is 5.41 Å². The van der Waals surface area contributed by atoms with Gasteiger partial charge in [-0.3, -0.25) is 9.88 Å². The van der Waals surface area contributed by atoms with Crippen LogP contribution in [0.25, 0.3) is 10.9 Å². The van der Waals surface area contributed by atoms with Gasteiger partial charge >= 0.3 is 0 Å². The van der Waals surface area contributed by atoms with E-state index in [4.69, 9.17) is 4.74 Å². The lowest BCUT2D eigenvalue weighted by molar-refractivity contribution is 0.306. The number of para-hydroxylation sites is 1. The van der Waals surface area contributed by atoms with Crippen LogP contribution in [0.5, 0.6) is 5.75 Å². The maximum atomic E-state index is 6.08. The third-order valence-electron chi connectivity index (χ3n) is 4.53. The van der Waals surface area contributed by atoms with Crippen molar-refractivity contribution in [1.29, 1.82) is 0 Å². The number of halogens is 1. The smallest absolute Gasteiger partial charge is 0.120 e. The zero-order valence-electron chi connectivity index (χ0n) is 18.8. The van der Waals surface area contributed by atoms with Crippen molar-refractivity contribution < 1.29 is 4.74 Å². The Balaban J connectivity index is 0.00000341. The Hall–Kier alpha value is -2.80. The first kappa shape index (κ1) is 24.5. The molecule has 3 rings (SSSR count). The van der Waals surface area contributed by atoms with Crippen LogP contribution in [0.15, 0.2) is 72.9 Å². The van der Waals surface area contributed by atoms with Crippen molar-refractivity contribution in [3.8, 4) is 17.6 Å². The second kappa shape index (κ2) is 11.6. The number of allylic oxidation sites excluding steroid dienone is 1. The summed E-state index contributed by atoms with van der Waals surface area (Å²) in [5.74, 6) is 7.21. The summed E-state index contributed by atoms with van der Waals surface area (Å²) >= 11 is 0. The van der Waals surface area contributed by atoms with E-state index in [-0.39, 0.29) is 17.8 Å². The molecule has 0 fully saturated rings. The van der Waals surface area contributed by atoms with Gasteiger partial charge in [0.15, 0.2) is 0 Å².